The summed E-state index contributed by atoms with van der Waals surface area (Å²) in [6.07, 6.45) is 0. The quantitative estimate of drug-likeness (QED) is 0.343. The molecule has 35 heavy (non-hydrogen) atoms. The Labute approximate surface area is 207 Å². The first kappa shape index (κ1) is 23.2. The third kappa shape index (κ3) is 4.34. The first-order valence-electron chi connectivity index (χ1n) is 11.6. The molecule has 0 radical (unpaired) electrons. The lowest BCUT2D eigenvalue weighted by Crippen LogP contribution is -2.34. The first-order chi connectivity index (χ1) is 16.7. The number of fused-ring (bicyclic) bond motifs is 2. The summed E-state index contributed by atoms with van der Waals surface area (Å²) >= 11 is 6.14. The van der Waals surface area contributed by atoms with Crippen molar-refractivity contribution in [3.63, 3.8) is 0 Å². The van der Waals surface area contributed by atoms with Crippen molar-refractivity contribution in [1.29, 1.82) is 0 Å². The van der Waals surface area contributed by atoms with E-state index in [4.69, 9.17) is 11.6 Å². The topological polar surface area (TPSA) is 55.2 Å². The summed E-state index contributed by atoms with van der Waals surface area (Å²) in [6.45, 7) is 7.39. The molecule has 0 saturated heterocycles. The lowest BCUT2D eigenvalue weighted by molar-refractivity contribution is 0.0729. The number of hydrogen-bond acceptors (Lipinski definition) is 3. The molecule has 3 heterocycles. The Kier molecular flexibility index (Phi) is 5.93. The zero-order valence-electron chi connectivity index (χ0n) is 19.8. The highest BCUT2D eigenvalue weighted by Gasteiger charge is 2.32. The number of rotatable bonds is 3. The van der Waals surface area contributed by atoms with E-state index in [0.29, 0.717) is 41.8 Å². The second-order valence-electron chi connectivity index (χ2n) is 9.46. The Morgan fingerprint density at radius 1 is 1.00 bits per heavy atom. The van der Waals surface area contributed by atoms with Gasteiger partial charge in [-0.3, -0.25) is 9.59 Å². The van der Waals surface area contributed by atoms with E-state index in [1.165, 1.54) is 16.7 Å². The van der Waals surface area contributed by atoms with E-state index >= 15 is 0 Å². The smallest absolute Gasteiger partial charge is 0.277 e. The van der Waals surface area contributed by atoms with E-state index in [2.05, 4.69) is 23.2 Å². The fourth-order valence-corrected chi connectivity index (χ4v) is 5.24. The van der Waals surface area contributed by atoms with Gasteiger partial charge in [0.2, 0.25) is 0 Å². The number of amides is 1. The number of hydrogen-bond donors (Lipinski definition) is 0. The third-order valence-electron chi connectivity index (χ3n) is 6.39. The average molecular weight is 490 g/mol. The van der Waals surface area contributed by atoms with Crippen LogP contribution in [-0.2, 0) is 13.1 Å². The summed E-state index contributed by atoms with van der Waals surface area (Å²) in [7, 11) is 0. The minimum Gasteiger partial charge on any atom is -0.333 e. The molecule has 0 bridgehead atoms. The van der Waals surface area contributed by atoms with Crippen LogP contribution in [0.5, 0.6) is 0 Å². The van der Waals surface area contributed by atoms with Crippen LogP contribution >= 0.6 is 11.6 Å². The van der Waals surface area contributed by atoms with Gasteiger partial charge in [-0.15, -0.1) is 0 Å². The number of carbonyl (C=O) groups excluding carboxylic acids is 1. The molecule has 2 aromatic heterocycles. The summed E-state index contributed by atoms with van der Waals surface area (Å²) in [5.74, 6) is -0.585. The summed E-state index contributed by atoms with van der Waals surface area (Å²) in [4.78, 5) is 33.8. The van der Waals surface area contributed by atoms with Gasteiger partial charge in [-0.05, 0) is 55.2 Å². The molecule has 5 rings (SSSR count). The average Bonchev–Trinajstić information content (AvgIpc) is 2.91. The van der Waals surface area contributed by atoms with Crippen LogP contribution in [0.4, 0.5) is 4.39 Å². The van der Waals surface area contributed by atoms with Gasteiger partial charge in [-0.1, -0.05) is 60.0 Å². The lowest BCUT2D eigenvalue weighted by Gasteiger charge is -2.24. The molecule has 1 atom stereocenters. The van der Waals surface area contributed by atoms with Crippen LogP contribution in [-0.4, -0.2) is 26.9 Å². The minimum absolute atomic E-state index is 0.0292. The van der Waals surface area contributed by atoms with Crippen molar-refractivity contribution in [2.24, 2.45) is 5.92 Å². The van der Waals surface area contributed by atoms with Crippen molar-refractivity contribution in [2.75, 3.05) is 6.54 Å². The van der Waals surface area contributed by atoms with E-state index < -0.39 is 0 Å². The predicted molar refractivity (Wildman–Crippen MR) is 136 cm³/mol. The molecule has 1 aliphatic rings. The summed E-state index contributed by atoms with van der Waals surface area (Å²) in [5, 5.41) is 0.719. The Morgan fingerprint density at radius 3 is 2.37 bits per heavy atom. The maximum Gasteiger partial charge on any atom is 0.277 e. The van der Waals surface area contributed by atoms with E-state index in [9.17, 15) is 14.0 Å². The van der Waals surface area contributed by atoms with Crippen LogP contribution < -0.4 is 5.56 Å². The fraction of sp³-hybridized carbons (Fsp3) is 0.250. The number of halogens is 2. The van der Waals surface area contributed by atoms with Crippen molar-refractivity contribution in [1.82, 2.24) is 14.5 Å². The first-order valence-corrected chi connectivity index (χ1v) is 11.9. The summed E-state index contributed by atoms with van der Waals surface area (Å²) in [5.41, 5.74) is 4.65. The van der Waals surface area contributed by atoms with Crippen molar-refractivity contribution in [3.8, 4) is 11.1 Å². The summed E-state index contributed by atoms with van der Waals surface area (Å²) < 4.78 is 15.3. The Balaban J connectivity index is 1.76. The Bertz CT molecular complexity index is 1510. The van der Waals surface area contributed by atoms with Crippen molar-refractivity contribution < 1.29 is 9.18 Å². The molecule has 4 aromatic rings. The maximum absolute atomic E-state index is 14.1. The zero-order chi connectivity index (χ0) is 24.9. The van der Waals surface area contributed by atoms with E-state index in [1.54, 1.807) is 29.2 Å². The molecule has 178 valence electrons. The SMILES string of the molecule is Cc1cc(C)cc(CN2C[C@H](C)Cn3c(c(-c4ccc(F)cc4)c4ccc(Cl)nc4c3=O)C2=O)c1. The van der Waals surface area contributed by atoms with Crippen LogP contribution in [0.2, 0.25) is 5.15 Å². The van der Waals surface area contributed by atoms with E-state index in [1.807, 2.05) is 20.8 Å². The highest BCUT2D eigenvalue weighted by Crippen LogP contribution is 2.34. The minimum atomic E-state index is -0.380. The number of aryl methyl sites for hydroxylation is 2. The van der Waals surface area contributed by atoms with Crippen LogP contribution in [0.25, 0.3) is 22.0 Å². The van der Waals surface area contributed by atoms with Gasteiger partial charge in [0.05, 0.1) is 0 Å². The van der Waals surface area contributed by atoms with Crippen LogP contribution in [0.3, 0.4) is 0 Å². The molecule has 7 heteroatoms. The molecule has 0 aliphatic carbocycles. The monoisotopic (exact) mass is 489 g/mol. The second kappa shape index (κ2) is 8.93. The highest BCUT2D eigenvalue weighted by molar-refractivity contribution is 6.30. The highest BCUT2D eigenvalue weighted by atomic mass is 35.5. The molecule has 0 unspecified atom stereocenters. The van der Waals surface area contributed by atoms with Gasteiger partial charge in [-0.2, -0.15) is 0 Å². The normalized spacial score (nSPS) is 15.9. The number of nitrogens with zero attached hydrogens (tertiary/aromatic N) is 3. The van der Waals surface area contributed by atoms with Gasteiger partial charge in [0, 0.05) is 30.6 Å². The number of pyridine rings is 2. The van der Waals surface area contributed by atoms with Crippen LogP contribution in [0, 0.1) is 25.6 Å². The fourth-order valence-electron chi connectivity index (χ4n) is 5.09. The number of benzene rings is 2. The maximum atomic E-state index is 14.1. The van der Waals surface area contributed by atoms with Crippen LogP contribution in [0.1, 0.15) is 34.1 Å². The van der Waals surface area contributed by atoms with Crippen molar-refractivity contribution in [3.05, 3.63) is 98.3 Å². The molecular formula is C28H25ClFN3O2. The number of aromatic nitrogens is 2. The molecular weight excluding hydrogens is 465 g/mol. The molecule has 0 saturated carbocycles. The van der Waals surface area contributed by atoms with Gasteiger partial charge in [0.25, 0.3) is 11.5 Å². The van der Waals surface area contributed by atoms with Crippen molar-refractivity contribution >= 4 is 28.4 Å². The predicted octanol–water partition coefficient (Wildman–Crippen LogP) is 5.76. The van der Waals surface area contributed by atoms with Gasteiger partial charge in [0.1, 0.15) is 22.2 Å². The number of carbonyl (C=O) groups is 1. The van der Waals surface area contributed by atoms with Gasteiger partial charge in [-0.25, -0.2) is 9.37 Å². The van der Waals surface area contributed by atoms with E-state index in [-0.39, 0.29) is 33.9 Å². The molecule has 1 amide bonds. The molecule has 0 fully saturated rings. The van der Waals surface area contributed by atoms with Gasteiger partial charge < -0.3 is 9.47 Å². The lowest BCUT2D eigenvalue weighted by atomic mass is 9.97. The van der Waals surface area contributed by atoms with Gasteiger partial charge in [0.15, 0.2) is 0 Å². The van der Waals surface area contributed by atoms with Crippen molar-refractivity contribution in [2.45, 2.75) is 33.9 Å². The standard InChI is InChI=1S/C28H25ClFN3O2/c1-16-10-17(2)12-19(11-16)15-32-13-18(3)14-33-26(28(32)35)24(20-4-6-21(30)7-5-20)22-8-9-23(29)31-25(22)27(33)34/h4-12,18H,13-15H2,1-3H3/t18-/m0/s1. The Morgan fingerprint density at radius 2 is 1.69 bits per heavy atom. The second-order valence-corrected chi connectivity index (χ2v) is 9.85. The largest absolute Gasteiger partial charge is 0.333 e. The molecule has 1 aliphatic heterocycles. The molecule has 0 spiro atoms. The molecule has 2 aromatic carbocycles. The molecule has 5 nitrogen and oxygen atoms in total. The van der Waals surface area contributed by atoms with Gasteiger partial charge >= 0.3 is 0 Å². The third-order valence-corrected chi connectivity index (χ3v) is 6.60. The Hall–Kier alpha value is -3.51. The summed E-state index contributed by atoms with van der Waals surface area (Å²) in [6, 6.07) is 15.5. The zero-order valence-corrected chi connectivity index (χ0v) is 20.6. The van der Waals surface area contributed by atoms with Crippen LogP contribution in [0.15, 0.2) is 59.4 Å². The molecule has 0 N–H and O–H groups in total. The van der Waals surface area contributed by atoms with E-state index in [0.717, 1.165) is 16.7 Å².